The standard InChI is InChI=1S/C16H13Br2ClN2/c1-10(19)16-20-14-8-13(18)5-6-15(14)21(16)9-11-3-2-4-12(17)7-11/h2-8,10H,9H2,1H3. The summed E-state index contributed by atoms with van der Waals surface area (Å²) in [4.78, 5) is 4.68. The summed E-state index contributed by atoms with van der Waals surface area (Å²) in [6.07, 6.45) is 0. The number of aromatic nitrogens is 2. The number of benzene rings is 2. The molecule has 3 rings (SSSR count). The second-order valence-corrected chi connectivity index (χ2v) is 7.42. The SMILES string of the molecule is CC(Cl)c1nc2cc(Br)ccc2n1Cc1cccc(Br)c1. The second kappa shape index (κ2) is 6.11. The van der Waals surface area contributed by atoms with Crippen LogP contribution in [0.1, 0.15) is 23.7 Å². The first-order valence-corrected chi connectivity index (χ1v) is 8.61. The molecule has 0 fully saturated rings. The molecule has 2 nitrogen and oxygen atoms in total. The Morgan fingerprint density at radius 1 is 1.14 bits per heavy atom. The molecule has 1 atom stereocenters. The van der Waals surface area contributed by atoms with Crippen molar-refractivity contribution in [1.29, 1.82) is 0 Å². The minimum absolute atomic E-state index is 0.136. The van der Waals surface area contributed by atoms with Crippen molar-refractivity contribution in [3.05, 3.63) is 62.8 Å². The van der Waals surface area contributed by atoms with Crippen LogP contribution >= 0.6 is 43.5 Å². The highest BCUT2D eigenvalue weighted by atomic mass is 79.9. The molecule has 0 aliphatic heterocycles. The highest BCUT2D eigenvalue weighted by Gasteiger charge is 2.15. The van der Waals surface area contributed by atoms with Crippen LogP contribution in [0.2, 0.25) is 0 Å². The Hall–Kier alpha value is -0.840. The normalized spacial score (nSPS) is 12.8. The molecule has 0 bridgehead atoms. The molecule has 108 valence electrons. The van der Waals surface area contributed by atoms with Gasteiger partial charge >= 0.3 is 0 Å². The lowest BCUT2D eigenvalue weighted by atomic mass is 10.2. The number of nitrogens with zero attached hydrogens (tertiary/aromatic N) is 2. The van der Waals surface area contributed by atoms with Gasteiger partial charge in [-0.1, -0.05) is 44.0 Å². The van der Waals surface area contributed by atoms with Gasteiger partial charge < -0.3 is 4.57 Å². The van der Waals surface area contributed by atoms with Crippen LogP contribution in [0.3, 0.4) is 0 Å². The molecule has 0 saturated carbocycles. The molecule has 0 amide bonds. The lowest BCUT2D eigenvalue weighted by Gasteiger charge is -2.11. The molecule has 0 aliphatic carbocycles. The summed E-state index contributed by atoms with van der Waals surface area (Å²) in [6, 6.07) is 14.4. The number of hydrogen-bond acceptors (Lipinski definition) is 1. The van der Waals surface area contributed by atoms with Crippen LogP contribution in [0.4, 0.5) is 0 Å². The van der Waals surface area contributed by atoms with Gasteiger partial charge in [0.05, 0.1) is 16.4 Å². The van der Waals surface area contributed by atoms with E-state index in [0.717, 1.165) is 32.3 Å². The number of fused-ring (bicyclic) bond motifs is 1. The summed E-state index contributed by atoms with van der Waals surface area (Å²) in [7, 11) is 0. The van der Waals surface area contributed by atoms with E-state index in [-0.39, 0.29) is 5.38 Å². The van der Waals surface area contributed by atoms with E-state index in [1.54, 1.807) is 0 Å². The van der Waals surface area contributed by atoms with Crippen molar-refractivity contribution in [2.24, 2.45) is 0 Å². The van der Waals surface area contributed by atoms with Gasteiger partial charge in [-0.25, -0.2) is 4.98 Å². The average molecular weight is 429 g/mol. The van der Waals surface area contributed by atoms with Gasteiger partial charge in [0.25, 0.3) is 0 Å². The summed E-state index contributed by atoms with van der Waals surface area (Å²) < 4.78 is 4.28. The highest BCUT2D eigenvalue weighted by molar-refractivity contribution is 9.10. The van der Waals surface area contributed by atoms with Crippen molar-refractivity contribution >= 4 is 54.5 Å². The largest absolute Gasteiger partial charge is 0.322 e. The molecule has 2 aromatic carbocycles. The quantitative estimate of drug-likeness (QED) is 0.474. The number of imidazole rings is 1. The Kier molecular flexibility index (Phi) is 4.38. The van der Waals surface area contributed by atoms with Gasteiger partial charge in [0.15, 0.2) is 0 Å². The van der Waals surface area contributed by atoms with Gasteiger partial charge in [0, 0.05) is 15.5 Å². The summed E-state index contributed by atoms with van der Waals surface area (Å²) in [6.45, 7) is 2.71. The third-order valence-electron chi connectivity index (χ3n) is 3.33. The minimum Gasteiger partial charge on any atom is -0.322 e. The van der Waals surface area contributed by atoms with Crippen molar-refractivity contribution in [3.63, 3.8) is 0 Å². The molecule has 1 heterocycles. The zero-order chi connectivity index (χ0) is 15.0. The Bertz CT molecular complexity index is 796. The number of rotatable bonds is 3. The van der Waals surface area contributed by atoms with E-state index in [0.29, 0.717) is 0 Å². The Morgan fingerprint density at radius 3 is 2.62 bits per heavy atom. The molecular formula is C16H13Br2ClN2. The van der Waals surface area contributed by atoms with Crippen molar-refractivity contribution < 1.29 is 0 Å². The number of halogens is 3. The van der Waals surface area contributed by atoms with Gasteiger partial charge in [-0.15, -0.1) is 11.6 Å². The molecule has 0 aliphatic rings. The zero-order valence-corrected chi connectivity index (χ0v) is 15.3. The summed E-state index contributed by atoms with van der Waals surface area (Å²) in [5.41, 5.74) is 3.27. The number of alkyl halides is 1. The molecule has 3 aromatic rings. The van der Waals surface area contributed by atoms with E-state index in [2.05, 4.69) is 59.6 Å². The highest BCUT2D eigenvalue weighted by Crippen LogP contribution is 2.27. The van der Waals surface area contributed by atoms with Gasteiger partial charge in [-0.3, -0.25) is 0 Å². The first-order chi connectivity index (χ1) is 10.0. The molecular weight excluding hydrogens is 415 g/mol. The van der Waals surface area contributed by atoms with E-state index < -0.39 is 0 Å². The van der Waals surface area contributed by atoms with Crippen LogP contribution in [0, 0.1) is 0 Å². The predicted octanol–water partition coefficient (Wildman–Crippen LogP) is 5.91. The topological polar surface area (TPSA) is 17.8 Å². The van der Waals surface area contributed by atoms with Crippen LogP contribution in [0.5, 0.6) is 0 Å². The fourth-order valence-electron chi connectivity index (χ4n) is 2.41. The van der Waals surface area contributed by atoms with Crippen LogP contribution < -0.4 is 0 Å². The third kappa shape index (κ3) is 3.17. The molecule has 1 aromatic heterocycles. The first-order valence-electron chi connectivity index (χ1n) is 6.59. The minimum atomic E-state index is -0.136. The summed E-state index contributed by atoms with van der Waals surface area (Å²) >= 11 is 13.3. The Balaban J connectivity index is 2.13. The molecule has 0 spiro atoms. The van der Waals surface area contributed by atoms with E-state index in [9.17, 15) is 0 Å². The van der Waals surface area contributed by atoms with Gasteiger partial charge in [0.2, 0.25) is 0 Å². The van der Waals surface area contributed by atoms with Crippen LogP contribution in [-0.4, -0.2) is 9.55 Å². The molecule has 1 unspecified atom stereocenters. The summed E-state index contributed by atoms with van der Waals surface area (Å²) in [5, 5.41) is -0.136. The van der Waals surface area contributed by atoms with Gasteiger partial charge in [-0.05, 0) is 42.8 Å². The lowest BCUT2D eigenvalue weighted by molar-refractivity contribution is 0.742. The fourth-order valence-corrected chi connectivity index (χ4v) is 3.37. The van der Waals surface area contributed by atoms with Crippen LogP contribution in [0.15, 0.2) is 51.4 Å². The Labute approximate surface area is 145 Å². The maximum atomic E-state index is 6.31. The van der Waals surface area contributed by atoms with Crippen LogP contribution in [-0.2, 0) is 6.54 Å². The molecule has 21 heavy (non-hydrogen) atoms. The smallest absolute Gasteiger partial charge is 0.128 e. The second-order valence-electron chi connectivity index (χ2n) is 4.94. The first kappa shape index (κ1) is 15.1. The predicted molar refractivity (Wildman–Crippen MR) is 94.9 cm³/mol. The molecule has 0 saturated heterocycles. The van der Waals surface area contributed by atoms with Crippen molar-refractivity contribution in [1.82, 2.24) is 9.55 Å². The average Bonchev–Trinajstić information content (AvgIpc) is 2.77. The van der Waals surface area contributed by atoms with E-state index in [4.69, 9.17) is 11.6 Å². The van der Waals surface area contributed by atoms with Crippen LogP contribution in [0.25, 0.3) is 11.0 Å². The lowest BCUT2D eigenvalue weighted by Crippen LogP contribution is -2.05. The molecule has 0 radical (unpaired) electrons. The van der Waals surface area contributed by atoms with Crippen molar-refractivity contribution in [3.8, 4) is 0 Å². The van der Waals surface area contributed by atoms with Gasteiger partial charge in [0.1, 0.15) is 5.82 Å². The maximum absolute atomic E-state index is 6.31. The third-order valence-corrected chi connectivity index (χ3v) is 4.51. The zero-order valence-electron chi connectivity index (χ0n) is 11.4. The molecule has 5 heteroatoms. The monoisotopic (exact) mass is 426 g/mol. The maximum Gasteiger partial charge on any atom is 0.128 e. The fraction of sp³-hybridized carbons (Fsp3) is 0.188. The van der Waals surface area contributed by atoms with Crippen molar-refractivity contribution in [2.45, 2.75) is 18.8 Å². The number of hydrogen-bond donors (Lipinski definition) is 0. The van der Waals surface area contributed by atoms with Crippen molar-refractivity contribution in [2.75, 3.05) is 0 Å². The van der Waals surface area contributed by atoms with E-state index in [1.165, 1.54) is 5.56 Å². The Morgan fingerprint density at radius 2 is 1.90 bits per heavy atom. The van der Waals surface area contributed by atoms with Gasteiger partial charge in [-0.2, -0.15) is 0 Å². The molecule has 0 N–H and O–H groups in total. The van der Waals surface area contributed by atoms with E-state index in [1.807, 2.05) is 31.2 Å². The van der Waals surface area contributed by atoms with E-state index >= 15 is 0 Å². The summed E-state index contributed by atoms with van der Waals surface area (Å²) in [5.74, 6) is 0.893.